The number of hydrogen-bond donors (Lipinski definition) is 9. The van der Waals surface area contributed by atoms with Crippen LogP contribution in [0.2, 0.25) is 0 Å². The highest BCUT2D eigenvalue weighted by molar-refractivity contribution is 7.98. The van der Waals surface area contributed by atoms with Gasteiger partial charge in [0.15, 0.2) is 5.96 Å². The van der Waals surface area contributed by atoms with Gasteiger partial charge >= 0.3 is 11.9 Å². The molecule has 0 aliphatic heterocycles. The molecule has 0 aromatic carbocycles. The van der Waals surface area contributed by atoms with Gasteiger partial charge < -0.3 is 48.5 Å². The number of thioether (sulfide) groups is 1. The number of aliphatic hydroxyl groups excluding tert-OH is 1. The number of nitrogens with zero attached hydrogens (tertiary/aromatic N) is 1. The minimum absolute atomic E-state index is 0.0987. The molecule has 0 saturated carbocycles. The van der Waals surface area contributed by atoms with Gasteiger partial charge in [0.2, 0.25) is 17.7 Å². The minimum Gasteiger partial charge on any atom is -0.481 e. The van der Waals surface area contributed by atoms with Gasteiger partial charge in [0.1, 0.15) is 18.1 Å². The molecule has 0 radical (unpaired) electrons. The van der Waals surface area contributed by atoms with E-state index in [0.717, 1.165) is 0 Å². The number of nitrogens with one attached hydrogen (secondary N) is 3. The standard InChI is InChI=1S/C19H35N7O8S/c1-9(27)14(17(32)24-11(18(33)34)5-7-35-2)26-16(31)12(8-13(28)29)25-15(30)10(20)4-3-6-23-19(21)22/h9-12,14,27H,3-8,20H2,1-2H3,(H,24,32)(H,25,30)(H,26,31)(H,28,29)(H,33,34)(H4,21,22,23). The van der Waals surface area contributed by atoms with E-state index in [2.05, 4.69) is 20.9 Å². The molecule has 3 amide bonds. The van der Waals surface area contributed by atoms with Crippen LogP contribution in [-0.4, -0.2) is 99.8 Å². The largest absolute Gasteiger partial charge is 0.481 e. The highest BCUT2D eigenvalue weighted by Gasteiger charge is 2.33. The summed E-state index contributed by atoms with van der Waals surface area (Å²) in [7, 11) is 0. The molecule has 0 saturated heterocycles. The number of aliphatic hydroxyl groups is 1. The fraction of sp³-hybridized carbons (Fsp3) is 0.684. The second-order valence-electron chi connectivity index (χ2n) is 7.62. The Balaban J connectivity index is 5.30. The fourth-order valence-electron chi connectivity index (χ4n) is 2.73. The number of amides is 3. The Morgan fingerprint density at radius 3 is 2.03 bits per heavy atom. The van der Waals surface area contributed by atoms with Crippen LogP contribution in [0.15, 0.2) is 4.99 Å². The quantitative estimate of drug-likeness (QED) is 0.0512. The van der Waals surface area contributed by atoms with E-state index in [1.54, 1.807) is 6.26 Å². The lowest BCUT2D eigenvalue weighted by Crippen LogP contribution is -2.60. The fourth-order valence-corrected chi connectivity index (χ4v) is 3.20. The molecule has 35 heavy (non-hydrogen) atoms. The van der Waals surface area contributed by atoms with E-state index >= 15 is 0 Å². The number of carboxylic acids is 2. The lowest BCUT2D eigenvalue weighted by molar-refractivity contribution is -0.144. The summed E-state index contributed by atoms with van der Waals surface area (Å²) in [6, 6.07) is -5.60. The van der Waals surface area contributed by atoms with Gasteiger partial charge in [-0.3, -0.25) is 24.2 Å². The maximum absolute atomic E-state index is 12.7. The van der Waals surface area contributed by atoms with E-state index in [1.165, 1.54) is 18.7 Å². The molecule has 0 heterocycles. The van der Waals surface area contributed by atoms with Crippen LogP contribution in [0.5, 0.6) is 0 Å². The molecular formula is C19H35N7O8S. The molecule has 0 rings (SSSR count). The maximum Gasteiger partial charge on any atom is 0.326 e. The first-order valence-electron chi connectivity index (χ1n) is 10.6. The second-order valence-corrected chi connectivity index (χ2v) is 8.61. The Kier molecular flexibility index (Phi) is 15.0. The highest BCUT2D eigenvalue weighted by atomic mass is 32.2. The summed E-state index contributed by atoms with van der Waals surface area (Å²) in [6.07, 6.45) is 0.0301. The zero-order valence-electron chi connectivity index (χ0n) is 19.6. The minimum atomic E-state index is -1.62. The van der Waals surface area contributed by atoms with Crippen molar-refractivity contribution in [1.29, 1.82) is 0 Å². The van der Waals surface area contributed by atoms with Crippen LogP contribution in [0.25, 0.3) is 0 Å². The first kappa shape index (κ1) is 31.9. The van der Waals surface area contributed by atoms with Gasteiger partial charge in [0.25, 0.3) is 0 Å². The molecular weight excluding hydrogens is 486 g/mol. The number of carbonyl (C=O) groups is 5. The molecule has 0 aromatic rings. The number of aliphatic imine (C=N–C) groups is 1. The Bertz CT molecular complexity index is 776. The van der Waals surface area contributed by atoms with E-state index in [-0.39, 0.29) is 25.3 Å². The topological polar surface area (TPSA) is 273 Å². The average Bonchev–Trinajstić information content (AvgIpc) is 2.75. The number of rotatable bonds is 17. The highest BCUT2D eigenvalue weighted by Crippen LogP contribution is 2.05. The first-order chi connectivity index (χ1) is 16.3. The normalized spacial score (nSPS) is 15.0. The zero-order valence-corrected chi connectivity index (χ0v) is 20.4. The number of carboxylic acid groups (broad SMARTS) is 2. The predicted octanol–water partition coefficient (Wildman–Crippen LogP) is -3.49. The van der Waals surface area contributed by atoms with Gasteiger partial charge in [-0.05, 0) is 38.2 Å². The van der Waals surface area contributed by atoms with Crippen LogP contribution in [-0.2, 0) is 24.0 Å². The smallest absolute Gasteiger partial charge is 0.326 e. The summed E-state index contributed by atoms with van der Waals surface area (Å²) in [6.45, 7) is 1.39. The van der Waals surface area contributed by atoms with Gasteiger partial charge in [-0.1, -0.05) is 0 Å². The van der Waals surface area contributed by atoms with Crippen LogP contribution in [0.4, 0.5) is 0 Å². The lowest BCUT2D eigenvalue weighted by atomic mass is 10.1. The molecule has 15 nitrogen and oxygen atoms in total. The van der Waals surface area contributed by atoms with E-state index < -0.39 is 66.4 Å². The summed E-state index contributed by atoms with van der Waals surface area (Å²) in [5.41, 5.74) is 16.2. The van der Waals surface area contributed by atoms with Crippen molar-refractivity contribution in [3.63, 3.8) is 0 Å². The summed E-state index contributed by atoms with van der Waals surface area (Å²) in [4.78, 5) is 63.9. The van der Waals surface area contributed by atoms with Crippen LogP contribution < -0.4 is 33.2 Å². The maximum atomic E-state index is 12.7. The summed E-state index contributed by atoms with van der Waals surface area (Å²) < 4.78 is 0. The monoisotopic (exact) mass is 521 g/mol. The van der Waals surface area contributed by atoms with Gasteiger partial charge in [0, 0.05) is 6.54 Å². The third-order valence-corrected chi connectivity index (χ3v) is 5.25. The molecule has 16 heteroatoms. The molecule has 0 spiro atoms. The van der Waals surface area contributed by atoms with Crippen molar-refractivity contribution >= 4 is 47.4 Å². The van der Waals surface area contributed by atoms with E-state index in [9.17, 15) is 34.2 Å². The molecule has 0 aliphatic carbocycles. The van der Waals surface area contributed by atoms with Gasteiger partial charge in [0.05, 0.1) is 18.6 Å². The van der Waals surface area contributed by atoms with Crippen LogP contribution in [0.1, 0.15) is 32.6 Å². The van der Waals surface area contributed by atoms with E-state index in [4.69, 9.17) is 22.3 Å². The lowest BCUT2D eigenvalue weighted by Gasteiger charge is -2.26. The van der Waals surface area contributed by atoms with Crippen LogP contribution >= 0.6 is 11.8 Å². The summed E-state index contributed by atoms with van der Waals surface area (Å²) in [5.74, 6) is -5.30. The molecule has 0 aliphatic rings. The number of nitrogens with two attached hydrogens (primary N) is 3. The molecule has 0 fully saturated rings. The SMILES string of the molecule is CSCCC(NC(=O)C(NC(=O)C(CC(=O)O)NC(=O)C(N)CCCN=C(N)N)C(C)O)C(=O)O. The predicted molar refractivity (Wildman–Crippen MR) is 128 cm³/mol. The van der Waals surface area contributed by atoms with Crippen LogP contribution in [0.3, 0.4) is 0 Å². The Morgan fingerprint density at radius 1 is 0.943 bits per heavy atom. The molecule has 12 N–H and O–H groups in total. The number of hydrogen-bond acceptors (Lipinski definition) is 9. The third-order valence-electron chi connectivity index (χ3n) is 4.60. The molecule has 5 atom stereocenters. The summed E-state index contributed by atoms with van der Waals surface area (Å²) in [5, 5.41) is 35.0. The number of carbonyl (C=O) groups excluding carboxylic acids is 3. The van der Waals surface area contributed by atoms with Crippen molar-refractivity contribution in [2.24, 2.45) is 22.2 Å². The van der Waals surface area contributed by atoms with Crippen molar-refractivity contribution in [3.8, 4) is 0 Å². The van der Waals surface area contributed by atoms with Gasteiger partial charge in [-0.15, -0.1) is 0 Å². The van der Waals surface area contributed by atoms with Crippen LogP contribution in [0, 0.1) is 0 Å². The number of guanidine groups is 1. The van der Waals surface area contributed by atoms with Crippen molar-refractivity contribution in [2.75, 3.05) is 18.6 Å². The molecule has 0 aromatic heterocycles. The molecule has 5 unspecified atom stereocenters. The Hall–Kier alpha value is -3.11. The van der Waals surface area contributed by atoms with Crippen molar-refractivity contribution in [3.05, 3.63) is 0 Å². The first-order valence-corrected chi connectivity index (χ1v) is 12.0. The Morgan fingerprint density at radius 2 is 1.54 bits per heavy atom. The summed E-state index contributed by atoms with van der Waals surface area (Å²) >= 11 is 1.37. The third kappa shape index (κ3) is 13.4. The van der Waals surface area contributed by atoms with Crippen molar-refractivity contribution in [2.45, 2.75) is 62.9 Å². The van der Waals surface area contributed by atoms with Gasteiger partial charge in [-0.25, -0.2) is 4.79 Å². The van der Waals surface area contributed by atoms with E-state index in [0.29, 0.717) is 12.2 Å². The Labute approximate surface area is 206 Å². The number of aliphatic carboxylic acids is 2. The second kappa shape index (κ2) is 16.5. The molecule has 0 bridgehead atoms. The average molecular weight is 522 g/mol. The zero-order chi connectivity index (χ0) is 27.1. The van der Waals surface area contributed by atoms with Crippen molar-refractivity contribution in [1.82, 2.24) is 16.0 Å². The van der Waals surface area contributed by atoms with E-state index in [1.807, 2.05) is 0 Å². The van der Waals surface area contributed by atoms with Crippen molar-refractivity contribution < 1.29 is 39.3 Å². The molecule has 200 valence electrons. The van der Waals surface area contributed by atoms with Gasteiger partial charge in [-0.2, -0.15) is 11.8 Å².